The molecule has 2 amide bonds. The van der Waals surface area contributed by atoms with Crippen molar-refractivity contribution in [2.24, 2.45) is 5.92 Å². The second-order valence-corrected chi connectivity index (χ2v) is 11.7. The molecule has 2 fully saturated rings. The molecule has 1 aromatic rings. The van der Waals surface area contributed by atoms with Crippen molar-refractivity contribution in [1.29, 1.82) is 0 Å². The van der Waals surface area contributed by atoms with Crippen LogP contribution in [0.1, 0.15) is 91.2 Å². The third-order valence-electron chi connectivity index (χ3n) is 8.03. The van der Waals surface area contributed by atoms with Crippen LogP contribution in [0.2, 0.25) is 0 Å². The van der Waals surface area contributed by atoms with Gasteiger partial charge < -0.3 is 19.9 Å². The Morgan fingerprint density at radius 2 is 1.85 bits per heavy atom. The maximum atomic E-state index is 12.5. The number of carbonyl (C=O) groups is 2. The number of benzene rings is 1. The number of likely N-dealkylation sites (tertiary alicyclic amines) is 2. The van der Waals surface area contributed by atoms with E-state index in [0.717, 1.165) is 58.4 Å². The molecule has 0 saturated carbocycles. The number of rotatable bonds is 4. The molecule has 0 aromatic heterocycles. The lowest BCUT2D eigenvalue weighted by atomic mass is 9.63. The van der Waals surface area contributed by atoms with Crippen molar-refractivity contribution in [3.8, 4) is 0 Å². The van der Waals surface area contributed by atoms with E-state index in [-0.39, 0.29) is 24.9 Å². The Balaban J connectivity index is 0.00000342. The maximum Gasteiger partial charge on any atom is 0.410 e. The molecule has 2 heterocycles. The highest BCUT2D eigenvalue weighted by atomic mass is 16.6. The van der Waals surface area contributed by atoms with Crippen molar-refractivity contribution in [2.75, 3.05) is 32.7 Å². The number of piperidine rings is 2. The van der Waals surface area contributed by atoms with Crippen LogP contribution >= 0.6 is 0 Å². The van der Waals surface area contributed by atoms with Gasteiger partial charge in [0, 0.05) is 21.4 Å². The zero-order valence-electron chi connectivity index (χ0n) is 21.6. The third-order valence-corrected chi connectivity index (χ3v) is 8.03. The number of ether oxygens (including phenoxy) is 1. The highest BCUT2D eigenvalue weighted by Gasteiger charge is 2.42. The minimum atomic E-state index is -0.437. The number of nitrogens with zero attached hydrogens (tertiary/aromatic N) is 2. The fourth-order valence-corrected chi connectivity index (χ4v) is 6.27. The topological polar surface area (TPSA) is 61.9 Å². The molecule has 1 aromatic carbocycles. The number of nitrogens with one attached hydrogen (secondary N) is 1. The molecule has 4 rings (SSSR count). The number of amides is 2. The lowest BCUT2D eigenvalue weighted by Crippen LogP contribution is -2.47. The molecular weight excluding hydrogens is 426 g/mol. The van der Waals surface area contributed by atoms with E-state index in [1.807, 2.05) is 25.7 Å². The van der Waals surface area contributed by atoms with Gasteiger partial charge in [0.05, 0.1) is 6.04 Å². The quantitative estimate of drug-likeness (QED) is 0.649. The number of fused-ring (bicyclic) bond motifs is 2. The van der Waals surface area contributed by atoms with E-state index < -0.39 is 5.60 Å². The van der Waals surface area contributed by atoms with Gasteiger partial charge in [-0.2, -0.15) is 0 Å². The average molecular weight is 472 g/mol. The summed E-state index contributed by atoms with van der Waals surface area (Å²) in [6.07, 6.45) is 7.81. The third kappa shape index (κ3) is 5.94. The molecule has 1 aliphatic carbocycles. The van der Waals surface area contributed by atoms with Gasteiger partial charge in [0.15, 0.2) is 0 Å². The summed E-state index contributed by atoms with van der Waals surface area (Å²) in [6.45, 7) is 12.4. The monoisotopic (exact) mass is 471 g/mol. The Bertz CT molecular complexity index is 876. The Kier molecular flexibility index (Phi) is 7.56. The summed E-state index contributed by atoms with van der Waals surface area (Å²) in [5, 5.41) is 3.16. The molecule has 1 spiro atoms. The molecule has 1 unspecified atom stereocenters. The highest BCUT2D eigenvalue weighted by molar-refractivity contribution is 5.73. The Hall–Kier alpha value is -2.08. The Morgan fingerprint density at radius 1 is 1.12 bits per heavy atom. The summed E-state index contributed by atoms with van der Waals surface area (Å²) in [4.78, 5) is 28.7. The van der Waals surface area contributed by atoms with Crippen molar-refractivity contribution in [3.63, 3.8) is 0 Å². The highest BCUT2D eigenvalue weighted by Crippen LogP contribution is 2.48. The van der Waals surface area contributed by atoms with Crippen LogP contribution in [0.4, 0.5) is 4.79 Å². The zero-order chi connectivity index (χ0) is 24.3. The second kappa shape index (κ2) is 10.3. The van der Waals surface area contributed by atoms with E-state index in [1.165, 1.54) is 30.4 Å². The average Bonchev–Trinajstić information content (AvgIpc) is 2.80. The Morgan fingerprint density at radius 3 is 2.56 bits per heavy atom. The predicted octanol–water partition coefficient (Wildman–Crippen LogP) is 5.27. The van der Waals surface area contributed by atoms with Gasteiger partial charge in [-0.15, -0.1) is 0 Å². The molecule has 6 nitrogen and oxygen atoms in total. The molecule has 1 N–H and O–H groups in total. The molecule has 3 aliphatic rings. The van der Waals surface area contributed by atoms with Crippen LogP contribution in [0, 0.1) is 5.92 Å². The molecular formula is C28H45N3O3. The fraction of sp³-hybridized carbons (Fsp3) is 0.714. The lowest BCUT2D eigenvalue weighted by molar-refractivity contribution is -0.119. The molecule has 0 radical (unpaired) electrons. The van der Waals surface area contributed by atoms with Gasteiger partial charge in [0.1, 0.15) is 5.60 Å². The van der Waals surface area contributed by atoms with Crippen molar-refractivity contribution < 1.29 is 15.8 Å². The van der Waals surface area contributed by atoms with Crippen LogP contribution in [-0.2, 0) is 14.9 Å². The van der Waals surface area contributed by atoms with Crippen molar-refractivity contribution in [2.45, 2.75) is 89.7 Å². The molecule has 2 atom stereocenters. The SMILES string of the molecule is CC(=O)N[C@H]1CCC2(CCN(CCC3CCCN(C(=O)OC(C)(C)C)C3)CC2)c2ccccc21.[HH]. The molecule has 2 saturated heterocycles. The zero-order valence-corrected chi connectivity index (χ0v) is 21.6. The predicted molar refractivity (Wildman–Crippen MR) is 137 cm³/mol. The van der Waals surface area contributed by atoms with Crippen LogP contribution in [0.25, 0.3) is 0 Å². The van der Waals surface area contributed by atoms with E-state index in [1.54, 1.807) is 6.92 Å². The fourth-order valence-electron chi connectivity index (χ4n) is 6.27. The van der Waals surface area contributed by atoms with Crippen LogP contribution in [0.15, 0.2) is 24.3 Å². The summed E-state index contributed by atoms with van der Waals surface area (Å²) < 4.78 is 5.59. The van der Waals surface area contributed by atoms with Crippen LogP contribution < -0.4 is 5.32 Å². The molecule has 6 heteroatoms. The standard InChI is InChI=1S/C28H43N3O3.H2/c1-21(32)29-25-11-13-28(24-10-6-5-9-23(24)25)14-18-30(19-15-28)17-12-22-8-7-16-31(20-22)26(33)34-27(2,3)4;/h5-6,9-10,22,25H,7-8,11-20H2,1-4H3,(H,29,32);1H/t22?,25-;/m0./s1. The van der Waals surface area contributed by atoms with Crippen LogP contribution in [0.5, 0.6) is 0 Å². The minimum Gasteiger partial charge on any atom is -0.444 e. The van der Waals surface area contributed by atoms with Gasteiger partial charge in [-0.1, -0.05) is 24.3 Å². The van der Waals surface area contributed by atoms with E-state index in [9.17, 15) is 9.59 Å². The van der Waals surface area contributed by atoms with E-state index in [2.05, 4.69) is 34.5 Å². The summed E-state index contributed by atoms with van der Waals surface area (Å²) in [7, 11) is 0. The Labute approximate surface area is 206 Å². The summed E-state index contributed by atoms with van der Waals surface area (Å²) in [5.74, 6) is 0.615. The van der Waals surface area contributed by atoms with E-state index >= 15 is 0 Å². The number of hydrogen-bond donors (Lipinski definition) is 1. The van der Waals surface area contributed by atoms with Gasteiger partial charge in [0.2, 0.25) is 5.91 Å². The van der Waals surface area contributed by atoms with Gasteiger partial charge >= 0.3 is 6.09 Å². The second-order valence-electron chi connectivity index (χ2n) is 11.7. The summed E-state index contributed by atoms with van der Waals surface area (Å²) >= 11 is 0. The molecule has 2 aliphatic heterocycles. The van der Waals surface area contributed by atoms with Gasteiger partial charge in [0.25, 0.3) is 0 Å². The number of carbonyl (C=O) groups excluding carboxylic acids is 2. The van der Waals surface area contributed by atoms with Gasteiger partial charge in [-0.3, -0.25) is 4.79 Å². The normalized spacial score (nSPS) is 25.0. The van der Waals surface area contributed by atoms with E-state index in [4.69, 9.17) is 4.74 Å². The minimum absolute atomic E-state index is 0. The van der Waals surface area contributed by atoms with Gasteiger partial charge in [-0.25, -0.2) is 4.79 Å². The first-order chi connectivity index (χ1) is 16.2. The van der Waals surface area contributed by atoms with Crippen LogP contribution in [-0.4, -0.2) is 60.1 Å². The first-order valence-corrected chi connectivity index (χ1v) is 13.2. The van der Waals surface area contributed by atoms with Gasteiger partial charge in [-0.05, 0) is 108 Å². The van der Waals surface area contributed by atoms with E-state index in [0.29, 0.717) is 5.92 Å². The van der Waals surface area contributed by atoms with Crippen molar-refractivity contribution >= 4 is 12.0 Å². The first-order valence-electron chi connectivity index (χ1n) is 13.2. The largest absolute Gasteiger partial charge is 0.444 e. The lowest BCUT2D eigenvalue weighted by Gasteiger charge is -2.47. The summed E-state index contributed by atoms with van der Waals surface area (Å²) in [6, 6.07) is 8.92. The molecule has 0 bridgehead atoms. The molecule has 34 heavy (non-hydrogen) atoms. The van der Waals surface area contributed by atoms with Crippen molar-refractivity contribution in [1.82, 2.24) is 15.1 Å². The maximum absolute atomic E-state index is 12.5. The molecule has 190 valence electrons. The van der Waals surface area contributed by atoms with Crippen molar-refractivity contribution in [3.05, 3.63) is 35.4 Å². The summed E-state index contributed by atoms with van der Waals surface area (Å²) in [5.41, 5.74) is 2.59. The number of hydrogen-bond acceptors (Lipinski definition) is 4. The van der Waals surface area contributed by atoms with Crippen LogP contribution in [0.3, 0.4) is 0 Å². The smallest absolute Gasteiger partial charge is 0.410 e. The first kappa shape index (κ1) is 25.0.